The van der Waals surface area contributed by atoms with Crippen LogP contribution < -0.4 is 5.73 Å². The van der Waals surface area contributed by atoms with E-state index in [2.05, 4.69) is 10.2 Å². The number of H-pyrrole nitrogens is 1. The van der Waals surface area contributed by atoms with Gasteiger partial charge in [0.15, 0.2) is 10.6 Å². The van der Waals surface area contributed by atoms with Crippen LogP contribution in [0.5, 0.6) is 0 Å². The number of nitrogens with zero attached hydrogens (tertiary/aromatic N) is 2. The number of amides is 1. The van der Waals surface area contributed by atoms with Crippen molar-refractivity contribution in [1.82, 2.24) is 14.8 Å². The SMILES string of the molecule is CC(CC(N)=O)n1c(CO)n[nH]c1=S. The van der Waals surface area contributed by atoms with Crippen molar-refractivity contribution >= 4 is 18.1 Å². The van der Waals surface area contributed by atoms with Gasteiger partial charge in [0, 0.05) is 12.5 Å². The Bertz CT molecular complexity index is 383. The average molecular weight is 216 g/mol. The van der Waals surface area contributed by atoms with Gasteiger partial charge >= 0.3 is 0 Å². The summed E-state index contributed by atoms with van der Waals surface area (Å²) in [6.45, 7) is 1.56. The molecule has 0 fully saturated rings. The zero-order valence-electron chi connectivity index (χ0n) is 7.73. The van der Waals surface area contributed by atoms with Crippen molar-refractivity contribution in [3.8, 4) is 0 Å². The third-order valence-electron chi connectivity index (χ3n) is 1.86. The van der Waals surface area contributed by atoms with Gasteiger partial charge in [-0.3, -0.25) is 14.5 Å². The number of primary amides is 1. The molecule has 4 N–H and O–H groups in total. The minimum absolute atomic E-state index is 0.167. The molecule has 1 rings (SSSR count). The highest BCUT2D eigenvalue weighted by Gasteiger charge is 2.13. The lowest BCUT2D eigenvalue weighted by Gasteiger charge is -2.12. The first-order valence-electron chi connectivity index (χ1n) is 4.11. The smallest absolute Gasteiger partial charge is 0.219 e. The Morgan fingerprint density at radius 1 is 1.86 bits per heavy atom. The van der Waals surface area contributed by atoms with E-state index in [0.717, 1.165) is 0 Å². The lowest BCUT2D eigenvalue weighted by atomic mass is 10.2. The molecule has 1 unspecified atom stereocenters. The van der Waals surface area contributed by atoms with Crippen molar-refractivity contribution in [3.63, 3.8) is 0 Å². The summed E-state index contributed by atoms with van der Waals surface area (Å²) in [6, 6.07) is -0.194. The highest BCUT2D eigenvalue weighted by molar-refractivity contribution is 7.71. The van der Waals surface area contributed by atoms with Gasteiger partial charge in [-0.05, 0) is 19.1 Å². The topological polar surface area (TPSA) is 96.9 Å². The number of nitrogens with two attached hydrogens (primary N) is 1. The second-order valence-corrected chi connectivity index (χ2v) is 3.38. The summed E-state index contributed by atoms with van der Waals surface area (Å²) in [5, 5.41) is 15.3. The Morgan fingerprint density at radius 3 is 3.00 bits per heavy atom. The Kier molecular flexibility index (Phi) is 3.37. The van der Waals surface area contributed by atoms with Crippen LogP contribution in [-0.4, -0.2) is 25.8 Å². The van der Waals surface area contributed by atoms with Crippen molar-refractivity contribution in [2.24, 2.45) is 5.73 Å². The molecule has 0 saturated heterocycles. The van der Waals surface area contributed by atoms with Crippen molar-refractivity contribution in [2.45, 2.75) is 26.0 Å². The van der Waals surface area contributed by atoms with Gasteiger partial charge in [0.1, 0.15) is 6.61 Å². The van der Waals surface area contributed by atoms with Crippen LogP contribution in [0.2, 0.25) is 0 Å². The number of aliphatic hydroxyl groups is 1. The van der Waals surface area contributed by atoms with E-state index in [1.165, 1.54) is 0 Å². The van der Waals surface area contributed by atoms with E-state index in [4.69, 9.17) is 23.1 Å². The van der Waals surface area contributed by atoms with Gasteiger partial charge in [-0.1, -0.05) is 0 Å². The predicted octanol–water partition coefficient (Wildman–Crippen LogP) is -0.131. The standard InChI is InChI=1S/C7H12N4O2S/c1-4(2-5(8)13)11-6(3-12)9-10-7(11)14/h4,12H,2-3H2,1H3,(H2,8,13)(H,10,14). The molecular formula is C7H12N4O2S. The summed E-state index contributed by atoms with van der Waals surface area (Å²) in [7, 11) is 0. The van der Waals surface area contributed by atoms with Gasteiger partial charge in [-0.2, -0.15) is 5.10 Å². The first-order valence-corrected chi connectivity index (χ1v) is 4.52. The lowest BCUT2D eigenvalue weighted by molar-refractivity contribution is -0.118. The molecular weight excluding hydrogens is 204 g/mol. The maximum Gasteiger partial charge on any atom is 0.219 e. The van der Waals surface area contributed by atoms with Crippen LogP contribution in [-0.2, 0) is 11.4 Å². The van der Waals surface area contributed by atoms with Gasteiger partial charge in [-0.25, -0.2) is 0 Å². The van der Waals surface area contributed by atoms with E-state index in [-0.39, 0.29) is 19.1 Å². The summed E-state index contributed by atoms with van der Waals surface area (Å²) >= 11 is 4.95. The molecule has 0 aromatic carbocycles. The van der Waals surface area contributed by atoms with Crippen molar-refractivity contribution in [2.75, 3.05) is 0 Å². The first kappa shape index (κ1) is 10.9. The van der Waals surface area contributed by atoms with E-state index in [0.29, 0.717) is 10.6 Å². The fraction of sp³-hybridized carbons (Fsp3) is 0.571. The van der Waals surface area contributed by atoms with Crippen LogP contribution in [0.3, 0.4) is 0 Å². The van der Waals surface area contributed by atoms with Crippen LogP contribution in [0.25, 0.3) is 0 Å². The van der Waals surface area contributed by atoms with Gasteiger partial charge in [0.25, 0.3) is 0 Å². The van der Waals surface area contributed by atoms with E-state index >= 15 is 0 Å². The fourth-order valence-corrected chi connectivity index (χ4v) is 1.62. The molecule has 0 aliphatic rings. The van der Waals surface area contributed by atoms with Crippen LogP contribution in [0.15, 0.2) is 0 Å². The van der Waals surface area contributed by atoms with Crippen molar-refractivity contribution in [1.29, 1.82) is 0 Å². The molecule has 1 amide bonds. The molecule has 0 saturated carbocycles. The molecule has 0 bridgehead atoms. The number of hydrogen-bond donors (Lipinski definition) is 3. The summed E-state index contributed by atoms with van der Waals surface area (Å²) in [4.78, 5) is 10.7. The second-order valence-electron chi connectivity index (χ2n) is 2.99. The molecule has 1 aromatic rings. The monoisotopic (exact) mass is 216 g/mol. The zero-order chi connectivity index (χ0) is 10.7. The molecule has 78 valence electrons. The minimum atomic E-state index is -0.413. The third kappa shape index (κ3) is 2.18. The molecule has 0 aliphatic heterocycles. The minimum Gasteiger partial charge on any atom is -0.388 e. The first-order chi connectivity index (χ1) is 6.56. The van der Waals surface area contributed by atoms with Crippen LogP contribution in [0, 0.1) is 4.77 Å². The summed E-state index contributed by atoms with van der Waals surface area (Å²) in [6.07, 6.45) is 0.167. The molecule has 1 heterocycles. The van der Waals surface area contributed by atoms with E-state index in [1.807, 2.05) is 0 Å². The zero-order valence-corrected chi connectivity index (χ0v) is 8.54. The molecule has 0 spiro atoms. The maximum absolute atomic E-state index is 10.7. The molecule has 7 heteroatoms. The summed E-state index contributed by atoms with van der Waals surface area (Å²) in [5.74, 6) is -0.00626. The number of aliphatic hydroxyl groups excluding tert-OH is 1. The molecule has 1 aromatic heterocycles. The third-order valence-corrected chi connectivity index (χ3v) is 2.14. The Balaban J connectivity index is 2.98. The largest absolute Gasteiger partial charge is 0.388 e. The predicted molar refractivity (Wildman–Crippen MR) is 51.9 cm³/mol. The van der Waals surface area contributed by atoms with Crippen LogP contribution in [0.1, 0.15) is 25.2 Å². The number of nitrogens with one attached hydrogen (secondary N) is 1. The number of aromatic nitrogens is 3. The van der Waals surface area contributed by atoms with Gasteiger partial charge in [0.2, 0.25) is 5.91 Å². The normalized spacial score (nSPS) is 12.7. The highest BCUT2D eigenvalue weighted by Crippen LogP contribution is 2.12. The second kappa shape index (κ2) is 4.34. The number of hydrogen-bond acceptors (Lipinski definition) is 4. The average Bonchev–Trinajstić information content (AvgIpc) is 2.45. The summed E-state index contributed by atoms with van der Waals surface area (Å²) < 4.78 is 1.96. The quantitative estimate of drug-likeness (QED) is 0.611. The molecule has 14 heavy (non-hydrogen) atoms. The number of rotatable bonds is 4. The van der Waals surface area contributed by atoms with Crippen molar-refractivity contribution < 1.29 is 9.90 Å². The Morgan fingerprint density at radius 2 is 2.50 bits per heavy atom. The summed E-state index contributed by atoms with van der Waals surface area (Å²) in [5.41, 5.74) is 5.06. The van der Waals surface area contributed by atoms with Gasteiger partial charge in [0.05, 0.1) is 0 Å². The highest BCUT2D eigenvalue weighted by atomic mass is 32.1. The number of carbonyl (C=O) groups excluding carboxylic acids is 1. The van der Waals surface area contributed by atoms with E-state index in [1.54, 1.807) is 11.5 Å². The van der Waals surface area contributed by atoms with E-state index in [9.17, 15) is 4.79 Å². The van der Waals surface area contributed by atoms with Crippen molar-refractivity contribution in [3.05, 3.63) is 10.6 Å². The lowest BCUT2D eigenvalue weighted by Crippen LogP contribution is -2.19. The molecule has 0 aliphatic carbocycles. The molecule has 1 atom stereocenters. The van der Waals surface area contributed by atoms with Gasteiger partial charge in [-0.15, -0.1) is 0 Å². The molecule has 6 nitrogen and oxygen atoms in total. The fourth-order valence-electron chi connectivity index (χ4n) is 1.29. The van der Waals surface area contributed by atoms with Gasteiger partial charge < -0.3 is 10.8 Å². The van der Waals surface area contributed by atoms with Crippen LogP contribution in [0.4, 0.5) is 0 Å². The molecule has 0 radical (unpaired) electrons. The number of aromatic amines is 1. The van der Waals surface area contributed by atoms with Crippen LogP contribution >= 0.6 is 12.2 Å². The number of carbonyl (C=O) groups is 1. The Labute approximate surface area is 85.7 Å². The van der Waals surface area contributed by atoms with E-state index < -0.39 is 5.91 Å². The maximum atomic E-state index is 10.7. The Hall–Kier alpha value is -1.21.